The SMILES string of the molecule is O=C(Cc1nnc(NS(=O)(=O)c2ccc(-c3ccc(Cl)c(Cl)c3)cc2)s1)N1CCOCC1. The molecule has 1 N–H and O–H groups in total. The van der Waals surface area contributed by atoms with E-state index in [2.05, 4.69) is 14.9 Å². The van der Waals surface area contributed by atoms with Crippen LogP contribution in [0, 0.1) is 0 Å². The van der Waals surface area contributed by atoms with Gasteiger partial charge in [-0.2, -0.15) is 0 Å². The van der Waals surface area contributed by atoms with E-state index >= 15 is 0 Å². The van der Waals surface area contributed by atoms with Crippen molar-refractivity contribution in [2.75, 3.05) is 31.0 Å². The summed E-state index contributed by atoms with van der Waals surface area (Å²) >= 11 is 13.0. The molecule has 1 aliphatic rings. The number of ether oxygens (including phenoxy) is 1. The average Bonchev–Trinajstić information content (AvgIpc) is 3.22. The smallest absolute Gasteiger partial charge is 0.263 e. The number of benzene rings is 2. The van der Waals surface area contributed by atoms with Gasteiger partial charge in [-0.15, -0.1) is 10.2 Å². The van der Waals surface area contributed by atoms with Gasteiger partial charge in [0, 0.05) is 13.1 Å². The maximum atomic E-state index is 12.7. The third-order valence-corrected chi connectivity index (χ3v) is 7.83. The number of nitrogens with one attached hydrogen (secondary N) is 1. The number of rotatable bonds is 6. The van der Waals surface area contributed by atoms with E-state index in [1.165, 1.54) is 12.1 Å². The minimum absolute atomic E-state index is 0.0672. The summed E-state index contributed by atoms with van der Waals surface area (Å²) in [5.74, 6) is -0.0863. The Kier molecular flexibility index (Phi) is 6.96. The number of anilines is 1. The maximum absolute atomic E-state index is 12.7. The topological polar surface area (TPSA) is 101 Å². The summed E-state index contributed by atoms with van der Waals surface area (Å²) in [5, 5.41) is 9.21. The average molecular weight is 513 g/mol. The zero-order chi connectivity index (χ0) is 22.7. The van der Waals surface area contributed by atoms with Crippen LogP contribution in [0.25, 0.3) is 11.1 Å². The van der Waals surface area contributed by atoms with Gasteiger partial charge in [0.25, 0.3) is 10.0 Å². The quantitative estimate of drug-likeness (QED) is 0.539. The second-order valence-corrected chi connectivity index (χ2v) is 10.5. The predicted molar refractivity (Wildman–Crippen MR) is 124 cm³/mol. The fourth-order valence-electron chi connectivity index (χ4n) is 3.10. The van der Waals surface area contributed by atoms with Gasteiger partial charge in [-0.25, -0.2) is 8.42 Å². The molecule has 0 aliphatic carbocycles. The first-order valence-corrected chi connectivity index (χ1v) is 12.6. The molecular formula is C20H18Cl2N4O4S2. The molecule has 1 fully saturated rings. The molecular weight excluding hydrogens is 495 g/mol. The van der Waals surface area contributed by atoms with Gasteiger partial charge in [0.2, 0.25) is 11.0 Å². The van der Waals surface area contributed by atoms with Crippen molar-refractivity contribution in [2.24, 2.45) is 0 Å². The first-order chi connectivity index (χ1) is 15.3. The molecule has 4 rings (SSSR count). The molecule has 32 heavy (non-hydrogen) atoms. The van der Waals surface area contributed by atoms with Crippen LogP contribution in [0.2, 0.25) is 10.0 Å². The van der Waals surface area contributed by atoms with Crippen LogP contribution in [0.1, 0.15) is 5.01 Å². The van der Waals surface area contributed by atoms with E-state index < -0.39 is 10.0 Å². The van der Waals surface area contributed by atoms with Crippen molar-refractivity contribution < 1.29 is 17.9 Å². The Labute approximate surface area is 199 Å². The Hall–Kier alpha value is -2.24. The van der Waals surface area contributed by atoms with Crippen LogP contribution in [0.4, 0.5) is 5.13 Å². The molecule has 1 amide bonds. The molecule has 1 saturated heterocycles. The minimum atomic E-state index is -3.86. The van der Waals surface area contributed by atoms with Crippen LogP contribution in [-0.2, 0) is 26.0 Å². The molecule has 168 valence electrons. The lowest BCUT2D eigenvalue weighted by atomic mass is 10.1. The highest BCUT2D eigenvalue weighted by molar-refractivity contribution is 7.93. The van der Waals surface area contributed by atoms with E-state index in [4.69, 9.17) is 27.9 Å². The first-order valence-electron chi connectivity index (χ1n) is 9.58. The number of amides is 1. The van der Waals surface area contributed by atoms with Crippen molar-refractivity contribution in [3.05, 3.63) is 57.5 Å². The third kappa shape index (κ3) is 5.38. The van der Waals surface area contributed by atoms with E-state index in [1.807, 2.05) is 0 Å². The molecule has 0 saturated carbocycles. The Morgan fingerprint density at radius 1 is 1.03 bits per heavy atom. The Bertz CT molecular complexity index is 1230. The zero-order valence-corrected chi connectivity index (χ0v) is 19.8. The number of morpholine rings is 1. The van der Waals surface area contributed by atoms with Crippen LogP contribution >= 0.6 is 34.5 Å². The lowest BCUT2D eigenvalue weighted by Crippen LogP contribution is -2.41. The number of hydrogen-bond acceptors (Lipinski definition) is 7. The molecule has 1 aliphatic heterocycles. The summed E-state index contributed by atoms with van der Waals surface area (Å²) in [6.07, 6.45) is 0.0672. The summed E-state index contributed by atoms with van der Waals surface area (Å²) in [5.41, 5.74) is 1.61. The fraction of sp³-hybridized carbons (Fsp3) is 0.250. The third-order valence-electron chi connectivity index (χ3n) is 4.77. The van der Waals surface area contributed by atoms with Gasteiger partial charge in [0.15, 0.2) is 0 Å². The fourth-order valence-corrected chi connectivity index (χ4v) is 5.36. The minimum Gasteiger partial charge on any atom is -0.378 e. The van der Waals surface area contributed by atoms with E-state index in [9.17, 15) is 13.2 Å². The molecule has 1 aromatic heterocycles. The molecule has 0 unspecified atom stereocenters. The van der Waals surface area contributed by atoms with Crippen molar-refractivity contribution >= 4 is 55.6 Å². The van der Waals surface area contributed by atoms with Crippen LogP contribution in [0.3, 0.4) is 0 Å². The molecule has 0 atom stereocenters. The van der Waals surface area contributed by atoms with E-state index in [0.29, 0.717) is 41.4 Å². The highest BCUT2D eigenvalue weighted by Gasteiger charge is 2.21. The van der Waals surface area contributed by atoms with E-state index in [-0.39, 0.29) is 22.4 Å². The van der Waals surface area contributed by atoms with Gasteiger partial charge in [-0.1, -0.05) is 52.7 Å². The van der Waals surface area contributed by atoms with Gasteiger partial charge in [-0.3, -0.25) is 9.52 Å². The Morgan fingerprint density at radius 3 is 2.41 bits per heavy atom. The van der Waals surface area contributed by atoms with Gasteiger partial charge < -0.3 is 9.64 Å². The molecule has 8 nitrogen and oxygen atoms in total. The van der Waals surface area contributed by atoms with Gasteiger partial charge in [0.05, 0.1) is 34.6 Å². The lowest BCUT2D eigenvalue weighted by Gasteiger charge is -2.26. The van der Waals surface area contributed by atoms with Crippen molar-refractivity contribution in [3.8, 4) is 11.1 Å². The summed E-state index contributed by atoms with van der Waals surface area (Å²) in [6.45, 7) is 2.10. The normalized spacial score (nSPS) is 14.4. The molecule has 0 spiro atoms. The predicted octanol–water partition coefficient (Wildman–Crippen LogP) is 3.71. The summed E-state index contributed by atoms with van der Waals surface area (Å²) in [7, 11) is -3.86. The first kappa shape index (κ1) is 22.9. The highest BCUT2D eigenvalue weighted by atomic mass is 35.5. The molecule has 12 heteroatoms. The second-order valence-electron chi connectivity index (χ2n) is 6.93. The maximum Gasteiger partial charge on any atom is 0.263 e. The molecule has 2 aromatic carbocycles. The number of halogens is 2. The van der Waals surface area contributed by atoms with Gasteiger partial charge in [0.1, 0.15) is 5.01 Å². The second kappa shape index (κ2) is 9.72. The standard InChI is InChI=1S/C20H18Cl2N4O4S2/c21-16-6-3-14(11-17(16)22)13-1-4-15(5-2-13)32(28,29)25-20-24-23-18(31-20)12-19(27)26-7-9-30-10-8-26/h1-6,11H,7-10,12H2,(H,24,25). The number of hydrogen-bond donors (Lipinski definition) is 1. The number of sulfonamides is 1. The Morgan fingerprint density at radius 2 is 1.72 bits per heavy atom. The molecule has 3 aromatic rings. The zero-order valence-electron chi connectivity index (χ0n) is 16.6. The summed E-state index contributed by atoms with van der Waals surface area (Å²) < 4.78 is 33.1. The van der Waals surface area contributed by atoms with Crippen LogP contribution < -0.4 is 4.72 Å². The molecule has 0 radical (unpaired) electrons. The lowest BCUT2D eigenvalue weighted by molar-refractivity contribution is -0.134. The number of aromatic nitrogens is 2. The van der Waals surface area contributed by atoms with Gasteiger partial charge in [-0.05, 0) is 35.4 Å². The van der Waals surface area contributed by atoms with Crippen LogP contribution in [0.5, 0.6) is 0 Å². The van der Waals surface area contributed by atoms with Crippen molar-refractivity contribution in [3.63, 3.8) is 0 Å². The summed E-state index contributed by atoms with van der Waals surface area (Å²) in [4.78, 5) is 14.1. The van der Waals surface area contributed by atoms with E-state index in [1.54, 1.807) is 35.2 Å². The highest BCUT2D eigenvalue weighted by Crippen LogP contribution is 2.29. The Balaban J connectivity index is 1.43. The van der Waals surface area contributed by atoms with Crippen molar-refractivity contribution in [2.45, 2.75) is 11.3 Å². The molecule has 0 bridgehead atoms. The van der Waals surface area contributed by atoms with Crippen molar-refractivity contribution in [1.82, 2.24) is 15.1 Å². The van der Waals surface area contributed by atoms with Crippen molar-refractivity contribution in [1.29, 1.82) is 0 Å². The largest absolute Gasteiger partial charge is 0.378 e. The van der Waals surface area contributed by atoms with Crippen LogP contribution in [-0.4, -0.2) is 55.7 Å². The molecule has 2 heterocycles. The number of nitrogens with zero attached hydrogens (tertiary/aromatic N) is 3. The van der Waals surface area contributed by atoms with Gasteiger partial charge >= 0.3 is 0 Å². The number of carbonyl (C=O) groups excluding carboxylic acids is 1. The summed E-state index contributed by atoms with van der Waals surface area (Å²) in [6, 6.07) is 11.5. The monoisotopic (exact) mass is 512 g/mol. The van der Waals surface area contributed by atoms with E-state index in [0.717, 1.165) is 22.5 Å². The van der Waals surface area contributed by atoms with Crippen LogP contribution in [0.15, 0.2) is 47.4 Å². The number of carbonyl (C=O) groups is 1.